The number of fused-ring (bicyclic) bond motifs is 2. The van der Waals surface area contributed by atoms with E-state index in [0.717, 1.165) is 36.1 Å². The van der Waals surface area contributed by atoms with Crippen molar-refractivity contribution in [3.63, 3.8) is 0 Å². The minimum absolute atomic E-state index is 0.0325. The summed E-state index contributed by atoms with van der Waals surface area (Å²) >= 11 is 0. The summed E-state index contributed by atoms with van der Waals surface area (Å²) in [5.74, 6) is 0.704. The van der Waals surface area contributed by atoms with Gasteiger partial charge in [0.2, 0.25) is 11.8 Å². The summed E-state index contributed by atoms with van der Waals surface area (Å²) in [7, 11) is 0. The number of carbonyl (C=O) groups is 2. The molecule has 1 aliphatic rings. The number of aromatic nitrogens is 2. The molecule has 0 unspecified atom stereocenters. The molecule has 6 heteroatoms. The SMILES string of the molecule is CCC(=O)NCc1nc2ccccc2n1CC(=O)N1CCCc2ccccc21. The minimum Gasteiger partial charge on any atom is -0.349 e. The van der Waals surface area contributed by atoms with Crippen LogP contribution in [-0.2, 0) is 29.1 Å². The van der Waals surface area contributed by atoms with E-state index in [0.29, 0.717) is 18.8 Å². The third-order valence-corrected chi connectivity index (χ3v) is 5.20. The van der Waals surface area contributed by atoms with Gasteiger partial charge >= 0.3 is 0 Å². The van der Waals surface area contributed by atoms with Crippen LogP contribution in [0.5, 0.6) is 0 Å². The first-order valence-electron chi connectivity index (χ1n) is 9.76. The van der Waals surface area contributed by atoms with E-state index in [1.54, 1.807) is 0 Å². The van der Waals surface area contributed by atoms with Crippen LogP contribution >= 0.6 is 0 Å². The molecule has 0 atom stereocenters. The van der Waals surface area contributed by atoms with Crippen molar-refractivity contribution in [3.8, 4) is 0 Å². The summed E-state index contributed by atoms with van der Waals surface area (Å²) in [5, 5.41) is 2.87. The summed E-state index contributed by atoms with van der Waals surface area (Å²) in [6.45, 7) is 3.05. The molecule has 1 N–H and O–H groups in total. The molecule has 2 heterocycles. The maximum Gasteiger partial charge on any atom is 0.246 e. The molecule has 6 nitrogen and oxygen atoms in total. The maximum atomic E-state index is 13.2. The first-order chi connectivity index (χ1) is 13.7. The van der Waals surface area contributed by atoms with Crippen molar-refractivity contribution in [2.45, 2.75) is 39.3 Å². The number of nitrogens with zero attached hydrogens (tertiary/aromatic N) is 3. The smallest absolute Gasteiger partial charge is 0.246 e. The Balaban J connectivity index is 1.64. The highest BCUT2D eigenvalue weighted by molar-refractivity contribution is 5.95. The molecule has 0 fully saturated rings. The van der Waals surface area contributed by atoms with Crippen LogP contribution < -0.4 is 10.2 Å². The highest BCUT2D eigenvalue weighted by atomic mass is 16.2. The van der Waals surface area contributed by atoms with Crippen LogP contribution in [0.3, 0.4) is 0 Å². The minimum atomic E-state index is -0.0325. The second-order valence-electron chi connectivity index (χ2n) is 7.01. The number of nitrogens with one attached hydrogen (secondary N) is 1. The molecular formula is C22H24N4O2. The van der Waals surface area contributed by atoms with Crippen LogP contribution in [0, 0.1) is 0 Å². The molecule has 0 saturated carbocycles. The number of benzene rings is 2. The fraction of sp³-hybridized carbons (Fsp3) is 0.318. The van der Waals surface area contributed by atoms with Gasteiger partial charge in [-0.05, 0) is 36.6 Å². The zero-order valence-corrected chi connectivity index (χ0v) is 16.0. The third kappa shape index (κ3) is 3.50. The second kappa shape index (κ2) is 7.84. The van der Waals surface area contributed by atoms with Crippen molar-refractivity contribution in [2.24, 2.45) is 0 Å². The van der Waals surface area contributed by atoms with Crippen LogP contribution in [-0.4, -0.2) is 27.9 Å². The monoisotopic (exact) mass is 376 g/mol. The molecule has 0 saturated heterocycles. The van der Waals surface area contributed by atoms with E-state index >= 15 is 0 Å². The Hall–Kier alpha value is -3.15. The summed E-state index contributed by atoms with van der Waals surface area (Å²) in [5.41, 5.74) is 3.95. The Morgan fingerprint density at radius 2 is 1.89 bits per heavy atom. The molecule has 0 radical (unpaired) electrons. The van der Waals surface area contributed by atoms with E-state index in [1.807, 2.05) is 58.9 Å². The van der Waals surface area contributed by atoms with E-state index in [2.05, 4.69) is 16.4 Å². The molecule has 3 aromatic rings. The lowest BCUT2D eigenvalue weighted by Gasteiger charge is -2.29. The van der Waals surface area contributed by atoms with Crippen molar-refractivity contribution < 1.29 is 9.59 Å². The molecule has 1 aliphatic heterocycles. The number of hydrogen-bond acceptors (Lipinski definition) is 3. The zero-order valence-electron chi connectivity index (χ0n) is 16.0. The predicted octanol–water partition coefficient (Wildman–Crippen LogP) is 3.04. The van der Waals surface area contributed by atoms with Crippen molar-refractivity contribution in [2.75, 3.05) is 11.4 Å². The number of imidazole rings is 1. The van der Waals surface area contributed by atoms with E-state index in [9.17, 15) is 9.59 Å². The number of anilines is 1. The number of amides is 2. The van der Waals surface area contributed by atoms with Crippen LogP contribution in [0.15, 0.2) is 48.5 Å². The van der Waals surface area contributed by atoms with Gasteiger partial charge in [-0.25, -0.2) is 4.98 Å². The van der Waals surface area contributed by atoms with Gasteiger partial charge in [-0.1, -0.05) is 37.3 Å². The fourth-order valence-corrected chi connectivity index (χ4v) is 3.75. The fourth-order valence-electron chi connectivity index (χ4n) is 3.75. The van der Waals surface area contributed by atoms with E-state index in [1.165, 1.54) is 5.56 Å². The summed E-state index contributed by atoms with van der Waals surface area (Å²) in [4.78, 5) is 31.4. The molecule has 4 rings (SSSR count). The van der Waals surface area contributed by atoms with E-state index in [-0.39, 0.29) is 18.4 Å². The lowest BCUT2D eigenvalue weighted by molar-refractivity contribution is -0.121. The molecule has 0 bridgehead atoms. The Morgan fingerprint density at radius 1 is 1.11 bits per heavy atom. The number of para-hydroxylation sites is 3. The summed E-state index contributed by atoms with van der Waals surface area (Å²) in [6.07, 6.45) is 2.39. The highest BCUT2D eigenvalue weighted by Crippen LogP contribution is 2.27. The highest BCUT2D eigenvalue weighted by Gasteiger charge is 2.24. The Bertz CT molecular complexity index is 1020. The van der Waals surface area contributed by atoms with Gasteiger partial charge in [0.15, 0.2) is 0 Å². The molecule has 1 aromatic heterocycles. The average Bonchev–Trinajstić information content (AvgIpc) is 3.09. The summed E-state index contributed by atoms with van der Waals surface area (Å²) < 4.78 is 1.92. The standard InChI is InChI=1S/C22H24N4O2/c1-2-21(27)23-14-20-24-17-10-4-6-12-19(17)26(20)15-22(28)25-13-7-9-16-8-3-5-11-18(16)25/h3-6,8,10-12H,2,7,9,13-15H2,1H3,(H,23,27). The van der Waals surface area contributed by atoms with E-state index in [4.69, 9.17) is 0 Å². The molecule has 28 heavy (non-hydrogen) atoms. The van der Waals surface area contributed by atoms with Crippen molar-refractivity contribution in [3.05, 3.63) is 59.9 Å². The number of rotatable bonds is 5. The largest absolute Gasteiger partial charge is 0.349 e. The first kappa shape index (κ1) is 18.2. The van der Waals surface area contributed by atoms with Crippen molar-refractivity contribution in [1.29, 1.82) is 0 Å². The van der Waals surface area contributed by atoms with Gasteiger partial charge in [0.25, 0.3) is 0 Å². The normalized spacial score (nSPS) is 13.4. The van der Waals surface area contributed by atoms with Crippen LogP contribution in [0.25, 0.3) is 11.0 Å². The molecule has 2 aromatic carbocycles. The lowest BCUT2D eigenvalue weighted by Crippen LogP contribution is -2.38. The van der Waals surface area contributed by atoms with Crippen LogP contribution in [0.4, 0.5) is 5.69 Å². The topological polar surface area (TPSA) is 67.2 Å². The Morgan fingerprint density at radius 3 is 2.75 bits per heavy atom. The van der Waals surface area contributed by atoms with Crippen molar-refractivity contribution in [1.82, 2.24) is 14.9 Å². The Kier molecular flexibility index (Phi) is 5.10. The second-order valence-corrected chi connectivity index (χ2v) is 7.01. The van der Waals surface area contributed by atoms with Gasteiger partial charge in [-0.2, -0.15) is 0 Å². The number of hydrogen-bond donors (Lipinski definition) is 1. The number of aryl methyl sites for hydroxylation is 1. The lowest BCUT2D eigenvalue weighted by atomic mass is 10.0. The van der Waals surface area contributed by atoms with Gasteiger partial charge in [0, 0.05) is 18.7 Å². The Labute approximate surface area is 164 Å². The molecule has 2 amide bonds. The predicted molar refractivity (Wildman–Crippen MR) is 109 cm³/mol. The van der Waals surface area contributed by atoms with Crippen LogP contribution in [0.1, 0.15) is 31.2 Å². The van der Waals surface area contributed by atoms with Gasteiger partial charge in [-0.3, -0.25) is 9.59 Å². The van der Waals surface area contributed by atoms with Gasteiger partial charge in [0.1, 0.15) is 12.4 Å². The quantitative estimate of drug-likeness (QED) is 0.744. The molecular weight excluding hydrogens is 352 g/mol. The first-order valence-corrected chi connectivity index (χ1v) is 9.76. The summed E-state index contributed by atoms with van der Waals surface area (Å²) in [6, 6.07) is 15.9. The molecule has 144 valence electrons. The van der Waals surface area contributed by atoms with E-state index < -0.39 is 0 Å². The zero-order chi connectivity index (χ0) is 19.5. The van der Waals surface area contributed by atoms with Gasteiger partial charge in [-0.15, -0.1) is 0 Å². The van der Waals surface area contributed by atoms with Gasteiger partial charge < -0.3 is 14.8 Å². The van der Waals surface area contributed by atoms with Gasteiger partial charge in [0.05, 0.1) is 17.6 Å². The number of carbonyl (C=O) groups excluding carboxylic acids is 2. The van der Waals surface area contributed by atoms with Crippen LogP contribution in [0.2, 0.25) is 0 Å². The maximum absolute atomic E-state index is 13.2. The average molecular weight is 376 g/mol. The molecule has 0 spiro atoms. The molecule has 0 aliphatic carbocycles. The van der Waals surface area contributed by atoms with Crippen molar-refractivity contribution >= 4 is 28.5 Å². The third-order valence-electron chi connectivity index (χ3n) is 5.20.